The molecule has 1 fully saturated rings. The fourth-order valence-corrected chi connectivity index (χ4v) is 2.14. The fraction of sp³-hybridized carbons (Fsp3) is 0.583. The van der Waals surface area contributed by atoms with E-state index in [1.807, 2.05) is 0 Å². The maximum Gasteiger partial charge on any atom is 0.270 e. The Balaban J connectivity index is 2.02. The monoisotopic (exact) mass is 264 g/mol. The quantitative estimate of drug-likeness (QED) is 0.743. The lowest BCUT2D eigenvalue weighted by atomic mass is 10.1. The molecule has 103 valence electrons. The third-order valence-electron chi connectivity index (χ3n) is 3.31. The van der Waals surface area contributed by atoms with Crippen LogP contribution < -0.4 is 11.1 Å². The van der Waals surface area contributed by atoms with E-state index in [1.165, 1.54) is 4.68 Å². The molecule has 0 bridgehead atoms. The van der Waals surface area contributed by atoms with Crippen LogP contribution >= 0.6 is 0 Å². The van der Waals surface area contributed by atoms with E-state index >= 15 is 0 Å². The van der Waals surface area contributed by atoms with Crippen LogP contribution in [0, 0.1) is 6.07 Å². The maximum atomic E-state index is 12.1. The van der Waals surface area contributed by atoms with Crippen molar-refractivity contribution in [3.8, 4) is 0 Å². The van der Waals surface area contributed by atoms with Gasteiger partial charge in [0.15, 0.2) is 5.69 Å². The Bertz CT molecular complexity index is 488. The highest BCUT2D eigenvalue weighted by Gasteiger charge is 2.22. The smallest absolute Gasteiger partial charge is 0.270 e. The van der Waals surface area contributed by atoms with E-state index in [2.05, 4.69) is 28.4 Å². The van der Waals surface area contributed by atoms with Crippen LogP contribution in [0.25, 0.3) is 0 Å². The lowest BCUT2D eigenvalue weighted by Crippen LogP contribution is -2.43. The summed E-state index contributed by atoms with van der Waals surface area (Å²) in [6, 6.07) is 2.79. The summed E-state index contributed by atoms with van der Waals surface area (Å²) in [6.45, 7) is 1.93. The fourth-order valence-electron chi connectivity index (χ4n) is 2.14. The standard InChI is InChI=1S/C12H18N5O2/c1-16-5-3-8(4-6-16)14-12(19)10-7-9(11(13)18)15-17(10)2/h8H,3-6H2,1-2H3,(H2,13,18)(H,14,19). The SMILES string of the molecule is CN1CCC(NC(=O)c2[c]c(C(N)=O)nn2C)CC1. The summed E-state index contributed by atoms with van der Waals surface area (Å²) in [5.41, 5.74) is 5.32. The summed E-state index contributed by atoms with van der Waals surface area (Å²) in [7, 11) is 3.65. The average Bonchev–Trinajstić information content (AvgIpc) is 2.74. The van der Waals surface area contributed by atoms with Crippen molar-refractivity contribution in [2.45, 2.75) is 18.9 Å². The van der Waals surface area contributed by atoms with Gasteiger partial charge in [0.1, 0.15) is 5.69 Å². The first-order valence-corrected chi connectivity index (χ1v) is 6.23. The summed E-state index contributed by atoms with van der Waals surface area (Å²) >= 11 is 0. The van der Waals surface area contributed by atoms with E-state index in [-0.39, 0.29) is 23.3 Å². The molecule has 3 N–H and O–H groups in total. The van der Waals surface area contributed by atoms with Crippen LogP contribution in [0.2, 0.25) is 0 Å². The number of aromatic nitrogens is 2. The third-order valence-corrected chi connectivity index (χ3v) is 3.31. The van der Waals surface area contributed by atoms with Gasteiger partial charge in [0.2, 0.25) is 0 Å². The Kier molecular flexibility index (Phi) is 3.84. The van der Waals surface area contributed by atoms with E-state index in [9.17, 15) is 9.59 Å². The van der Waals surface area contributed by atoms with Gasteiger partial charge in [0.05, 0.1) is 6.07 Å². The number of hydrogen-bond acceptors (Lipinski definition) is 4. The molecule has 19 heavy (non-hydrogen) atoms. The van der Waals surface area contributed by atoms with Gasteiger partial charge in [0, 0.05) is 13.1 Å². The van der Waals surface area contributed by atoms with E-state index in [0.717, 1.165) is 25.9 Å². The van der Waals surface area contributed by atoms with Gasteiger partial charge in [-0.05, 0) is 33.0 Å². The van der Waals surface area contributed by atoms with Crippen LogP contribution in [-0.2, 0) is 7.05 Å². The Labute approximate surface area is 111 Å². The van der Waals surface area contributed by atoms with Crippen molar-refractivity contribution in [2.24, 2.45) is 12.8 Å². The number of aryl methyl sites for hydroxylation is 1. The first-order valence-electron chi connectivity index (χ1n) is 6.23. The molecule has 1 radical (unpaired) electrons. The Hall–Kier alpha value is -1.89. The van der Waals surface area contributed by atoms with Crippen LogP contribution in [0.1, 0.15) is 33.8 Å². The van der Waals surface area contributed by atoms with Crippen LogP contribution in [0.15, 0.2) is 0 Å². The molecular formula is C12H18N5O2. The number of nitrogens with zero attached hydrogens (tertiary/aromatic N) is 3. The molecule has 2 rings (SSSR count). The molecule has 0 aromatic carbocycles. The third kappa shape index (κ3) is 3.11. The van der Waals surface area contributed by atoms with Gasteiger partial charge in [0.25, 0.3) is 11.8 Å². The minimum atomic E-state index is -0.686. The van der Waals surface area contributed by atoms with Crippen molar-refractivity contribution in [2.75, 3.05) is 20.1 Å². The van der Waals surface area contributed by atoms with Crippen molar-refractivity contribution < 1.29 is 9.59 Å². The molecule has 7 heteroatoms. The normalized spacial score (nSPS) is 17.4. The molecule has 1 aromatic heterocycles. The molecule has 1 aliphatic heterocycles. The molecule has 1 saturated heterocycles. The van der Waals surface area contributed by atoms with Crippen LogP contribution in [0.4, 0.5) is 0 Å². The van der Waals surface area contributed by atoms with E-state index < -0.39 is 5.91 Å². The molecule has 1 aliphatic rings. The first-order chi connectivity index (χ1) is 8.97. The lowest BCUT2D eigenvalue weighted by Gasteiger charge is -2.29. The summed E-state index contributed by atoms with van der Waals surface area (Å²) in [6.07, 6.45) is 1.84. The van der Waals surface area contributed by atoms with Gasteiger partial charge in [-0.15, -0.1) is 0 Å². The van der Waals surface area contributed by atoms with Crippen molar-refractivity contribution in [3.05, 3.63) is 17.5 Å². The predicted molar refractivity (Wildman–Crippen MR) is 68.5 cm³/mol. The molecule has 0 unspecified atom stereocenters. The molecular weight excluding hydrogens is 246 g/mol. The summed E-state index contributed by atoms with van der Waals surface area (Å²) in [5, 5.41) is 6.79. The highest BCUT2D eigenvalue weighted by Crippen LogP contribution is 2.09. The second-order valence-corrected chi connectivity index (χ2v) is 4.86. The highest BCUT2D eigenvalue weighted by molar-refractivity contribution is 5.96. The molecule has 0 aliphatic carbocycles. The van der Waals surface area contributed by atoms with Crippen molar-refractivity contribution in [1.29, 1.82) is 0 Å². The number of hydrogen-bond donors (Lipinski definition) is 2. The molecule has 0 spiro atoms. The second-order valence-electron chi connectivity index (χ2n) is 4.86. The van der Waals surface area contributed by atoms with Gasteiger partial charge in [-0.25, -0.2) is 0 Å². The van der Waals surface area contributed by atoms with Gasteiger partial charge in [-0.1, -0.05) is 0 Å². The molecule has 0 saturated carbocycles. The minimum absolute atomic E-state index is 0.0176. The summed E-state index contributed by atoms with van der Waals surface area (Å²) in [4.78, 5) is 25.3. The van der Waals surface area contributed by atoms with Crippen molar-refractivity contribution in [3.63, 3.8) is 0 Å². The largest absolute Gasteiger partial charge is 0.364 e. The topological polar surface area (TPSA) is 93.2 Å². The number of nitrogens with two attached hydrogens (primary N) is 1. The number of nitrogens with one attached hydrogen (secondary N) is 1. The molecule has 1 aromatic rings. The average molecular weight is 264 g/mol. The number of carbonyl (C=O) groups excluding carboxylic acids is 2. The zero-order valence-corrected chi connectivity index (χ0v) is 11.1. The molecule has 2 amide bonds. The van der Waals surface area contributed by atoms with Crippen LogP contribution in [-0.4, -0.2) is 52.7 Å². The predicted octanol–water partition coefficient (Wildman–Crippen LogP) is -0.857. The maximum absolute atomic E-state index is 12.1. The number of carbonyl (C=O) groups is 2. The number of amides is 2. The molecule has 2 heterocycles. The van der Waals surface area contributed by atoms with E-state index in [4.69, 9.17) is 5.73 Å². The van der Waals surface area contributed by atoms with Crippen molar-refractivity contribution in [1.82, 2.24) is 20.0 Å². The number of likely N-dealkylation sites (tertiary alicyclic amines) is 1. The first kappa shape index (κ1) is 13.5. The summed E-state index contributed by atoms with van der Waals surface area (Å²) < 4.78 is 1.32. The van der Waals surface area contributed by atoms with Gasteiger partial charge in [-0.2, -0.15) is 5.10 Å². The van der Waals surface area contributed by atoms with Gasteiger partial charge >= 0.3 is 0 Å². The van der Waals surface area contributed by atoms with Gasteiger partial charge in [-0.3, -0.25) is 14.3 Å². The molecule has 0 atom stereocenters. The summed E-state index contributed by atoms with van der Waals surface area (Å²) in [5.74, 6) is -0.953. The van der Waals surface area contributed by atoms with E-state index in [0.29, 0.717) is 0 Å². The Morgan fingerprint density at radius 2 is 2.00 bits per heavy atom. The van der Waals surface area contributed by atoms with E-state index in [1.54, 1.807) is 7.05 Å². The van der Waals surface area contributed by atoms with Crippen molar-refractivity contribution >= 4 is 11.8 Å². The van der Waals surface area contributed by atoms with Crippen LogP contribution in [0.3, 0.4) is 0 Å². The minimum Gasteiger partial charge on any atom is -0.364 e. The Morgan fingerprint density at radius 1 is 1.37 bits per heavy atom. The molecule has 7 nitrogen and oxygen atoms in total. The van der Waals surface area contributed by atoms with Crippen LogP contribution in [0.5, 0.6) is 0 Å². The Morgan fingerprint density at radius 3 is 2.53 bits per heavy atom. The number of piperidine rings is 1. The second kappa shape index (κ2) is 5.40. The number of primary amides is 1. The highest BCUT2D eigenvalue weighted by atomic mass is 16.2. The lowest BCUT2D eigenvalue weighted by molar-refractivity contribution is 0.0906. The number of rotatable bonds is 3. The van der Waals surface area contributed by atoms with Gasteiger partial charge < -0.3 is 16.0 Å². The zero-order valence-electron chi connectivity index (χ0n) is 11.1. The zero-order chi connectivity index (χ0) is 14.0.